The molecule has 1 aliphatic rings. The van der Waals surface area contributed by atoms with Crippen molar-refractivity contribution in [3.63, 3.8) is 0 Å². The number of nitrogens with zero attached hydrogens (tertiary/aromatic N) is 3. The van der Waals surface area contributed by atoms with Crippen molar-refractivity contribution in [2.75, 3.05) is 0 Å². The lowest BCUT2D eigenvalue weighted by atomic mass is 9.93. The lowest BCUT2D eigenvalue weighted by Gasteiger charge is -2.17. The van der Waals surface area contributed by atoms with E-state index in [0.29, 0.717) is 24.0 Å². The van der Waals surface area contributed by atoms with Crippen LogP contribution in [0.5, 0.6) is 0 Å². The molecule has 10 rings (SSSR count). The number of aromatic nitrogens is 3. The zero-order valence-corrected chi connectivity index (χ0v) is 25.2. The van der Waals surface area contributed by atoms with Crippen LogP contribution in [0.15, 0.2) is 144 Å². The van der Waals surface area contributed by atoms with E-state index in [4.69, 9.17) is 19.4 Å². The van der Waals surface area contributed by atoms with Crippen molar-refractivity contribution in [2.45, 2.75) is 6.54 Å². The van der Waals surface area contributed by atoms with E-state index in [1.165, 1.54) is 26.9 Å². The number of furan rings is 1. The Bertz CT molecular complexity index is 2760. The van der Waals surface area contributed by atoms with Gasteiger partial charge < -0.3 is 9.73 Å². The van der Waals surface area contributed by atoms with Gasteiger partial charge in [-0.2, -0.15) is 0 Å². The fraction of sp³-hybridized carbons (Fsp3) is 0.0238. The molecule has 0 unspecified atom stereocenters. The van der Waals surface area contributed by atoms with Gasteiger partial charge in [-0.15, -0.1) is 0 Å². The molecule has 5 nitrogen and oxygen atoms in total. The predicted molar refractivity (Wildman–Crippen MR) is 191 cm³/mol. The molecule has 9 aromatic rings. The van der Waals surface area contributed by atoms with Gasteiger partial charge in [0.25, 0.3) is 0 Å². The van der Waals surface area contributed by atoms with Crippen LogP contribution in [0.1, 0.15) is 17.1 Å². The van der Waals surface area contributed by atoms with Crippen molar-refractivity contribution in [1.29, 1.82) is 0 Å². The summed E-state index contributed by atoms with van der Waals surface area (Å²) < 4.78 is 6.29. The van der Waals surface area contributed by atoms with Gasteiger partial charge in [-0.1, -0.05) is 115 Å². The van der Waals surface area contributed by atoms with Gasteiger partial charge in [0, 0.05) is 33.8 Å². The fourth-order valence-electron chi connectivity index (χ4n) is 7.15. The Morgan fingerprint density at radius 3 is 2.06 bits per heavy atom. The molecule has 220 valence electrons. The van der Waals surface area contributed by atoms with E-state index in [2.05, 4.69) is 121 Å². The van der Waals surface area contributed by atoms with E-state index in [1.807, 2.05) is 24.4 Å². The standard InChI is InChI=1S/C42H26N4O/c1-2-11-27-21-29(20-17-25(27)9-1)40-44-41(46-42(45-40)35-23-43-24-37-39(35)33-15-7-8-16-36(33)47-37)34-22-28-19-18-26-10-3-4-12-30(26)38(28)32-14-6-5-13-31(32)34/h1-23,43H,24H2. The number of rotatable bonds is 3. The van der Waals surface area contributed by atoms with Crippen molar-refractivity contribution >= 4 is 59.6 Å². The number of benzene rings is 7. The first-order valence-corrected chi connectivity index (χ1v) is 15.8. The lowest BCUT2D eigenvalue weighted by molar-refractivity contribution is 0.531. The fourth-order valence-corrected chi connectivity index (χ4v) is 7.15. The maximum Gasteiger partial charge on any atom is 0.166 e. The number of nitrogens with one attached hydrogen (secondary N) is 1. The van der Waals surface area contributed by atoms with Gasteiger partial charge in [-0.05, 0) is 61.3 Å². The second-order valence-electron chi connectivity index (χ2n) is 12.1. The largest absolute Gasteiger partial charge is 0.459 e. The van der Waals surface area contributed by atoms with E-state index in [9.17, 15) is 0 Å². The van der Waals surface area contributed by atoms with E-state index in [0.717, 1.165) is 55.2 Å². The highest BCUT2D eigenvalue weighted by molar-refractivity contribution is 6.23. The van der Waals surface area contributed by atoms with Crippen LogP contribution in [0.2, 0.25) is 0 Å². The first kappa shape index (κ1) is 25.9. The zero-order chi connectivity index (χ0) is 30.9. The molecule has 0 bridgehead atoms. The van der Waals surface area contributed by atoms with E-state index in [-0.39, 0.29) is 0 Å². The average Bonchev–Trinajstić information content (AvgIpc) is 3.53. The maximum absolute atomic E-state index is 6.29. The van der Waals surface area contributed by atoms with Gasteiger partial charge >= 0.3 is 0 Å². The summed E-state index contributed by atoms with van der Waals surface area (Å²) in [5.41, 5.74) is 4.67. The molecule has 7 aromatic carbocycles. The molecule has 1 N–H and O–H groups in total. The van der Waals surface area contributed by atoms with Gasteiger partial charge in [-0.3, -0.25) is 0 Å². The first-order chi connectivity index (χ1) is 23.3. The van der Waals surface area contributed by atoms with Gasteiger partial charge in [0.15, 0.2) is 17.5 Å². The molecule has 47 heavy (non-hydrogen) atoms. The summed E-state index contributed by atoms with van der Waals surface area (Å²) in [5.74, 6) is 2.73. The zero-order valence-electron chi connectivity index (χ0n) is 25.2. The topological polar surface area (TPSA) is 63.8 Å². The minimum atomic E-state index is 0.598. The van der Waals surface area contributed by atoms with Crippen LogP contribution in [0.4, 0.5) is 0 Å². The van der Waals surface area contributed by atoms with E-state index >= 15 is 0 Å². The minimum absolute atomic E-state index is 0.598. The van der Waals surface area contributed by atoms with Crippen LogP contribution in [0.25, 0.3) is 82.4 Å². The highest BCUT2D eigenvalue weighted by Gasteiger charge is 2.25. The van der Waals surface area contributed by atoms with E-state index in [1.54, 1.807) is 0 Å². The summed E-state index contributed by atoms with van der Waals surface area (Å²) in [6.45, 7) is 0.603. The number of para-hydroxylation sites is 1. The molecule has 1 aliphatic heterocycles. The second kappa shape index (κ2) is 10.1. The summed E-state index contributed by atoms with van der Waals surface area (Å²) in [7, 11) is 0. The summed E-state index contributed by atoms with van der Waals surface area (Å²) in [5, 5.41) is 13.9. The molecule has 0 amide bonds. The predicted octanol–water partition coefficient (Wildman–Crippen LogP) is 10.1. The Morgan fingerprint density at radius 1 is 0.511 bits per heavy atom. The van der Waals surface area contributed by atoms with Gasteiger partial charge in [-0.25, -0.2) is 15.0 Å². The van der Waals surface area contributed by atoms with E-state index < -0.39 is 0 Å². The highest BCUT2D eigenvalue weighted by Crippen LogP contribution is 2.40. The van der Waals surface area contributed by atoms with Crippen molar-refractivity contribution < 1.29 is 4.42 Å². The molecule has 2 aromatic heterocycles. The van der Waals surface area contributed by atoms with Gasteiger partial charge in [0.1, 0.15) is 11.3 Å². The average molecular weight is 603 g/mol. The lowest BCUT2D eigenvalue weighted by Crippen LogP contribution is -2.14. The van der Waals surface area contributed by atoms with Crippen LogP contribution in [0.3, 0.4) is 0 Å². The van der Waals surface area contributed by atoms with Crippen molar-refractivity contribution in [3.8, 4) is 22.8 Å². The van der Waals surface area contributed by atoms with Crippen molar-refractivity contribution in [1.82, 2.24) is 20.3 Å². The summed E-state index contributed by atoms with van der Waals surface area (Å²) in [6.07, 6.45) is 2.01. The number of hydrogen-bond donors (Lipinski definition) is 1. The Kier molecular flexibility index (Phi) is 5.57. The third-order valence-electron chi connectivity index (χ3n) is 9.32. The van der Waals surface area contributed by atoms with Gasteiger partial charge in [0.2, 0.25) is 0 Å². The van der Waals surface area contributed by atoms with Crippen LogP contribution in [-0.4, -0.2) is 15.0 Å². The molecular weight excluding hydrogens is 576 g/mol. The van der Waals surface area contributed by atoms with Crippen LogP contribution < -0.4 is 5.32 Å². The number of hydrogen-bond acceptors (Lipinski definition) is 5. The molecule has 0 atom stereocenters. The molecule has 0 spiro atoms. The Balaban J connectivity index is 1.27. The molecule has 0 saturated carbocycles. The van der Waals surface area contributed by atoms with Crippen LogP contribution in [-0.2, 0) is 6.54 Å². The SMILES string of the molecule is C1=C(c2nc(-c3ccc4ccccc4c3)nc(-c3cc4ccc5ccccc5c4c4ccccc34)n2)c2c(oc3ccccc23)CN1. The van der Waals surface area contributed by atoms with Crippen molar-refractivity contribution in [2.24, 2.45) is 0 Å². The molecular formula is C42H26N4O. The molecule has 0 radical (unpaired) electrons. The minimum Gasteiger partial charge on any atom is -0.459 e. The van der Waals surface area contributed by atoms with Gasteiger partial charge in [0.05, 0.1) is 6.54 Å². The Labute approximate surface area is 269 Å². The Hall–Kier alpha value is -6.33. The first-order valence-electron chi connectivity index (χ1n) is 15.8. The quantitative estimate of drug-likeness (QED) is 0.204. The smallest absolute Gasteiger partial charge is 0.166 e. The molecule has 3 heterocycles. The highest BCUT2D eigenvalue weighted by atomic mass is 16.3. The summed E-state index contributed by atoms with van der Waals surface area (Å²) >= 11 is 0. The van der Waals surface area contributed by atoms with Crippen LogP contribution in [0, 0.1) is 0 Å². The normalized spacial score (nSPS) is 12.9. The monoisotopic (exact) mass is 602 g/mol. The second-order valence-corrected chi connectivity index (χ2v) is 12.1. The Morgan fingerprint density at radius 2 is 1.17 bits per heavy atom. The maximum atomic E-state index is 6.29. The molecule has 5 heteroatoms. The summed E-state index contributed by atoms with van der Waals surface area (Å²) in [4.78, 5) is 15.6. The third-order valence-corrected chi connectivity index (χ3v) is 9.32. The van der Waals surface area contributed by atoms with Crippen LogP contribution >= 0.6 is 0 Å². The third kappa shape index (κ3) is 4.07. The van der Waals surface area contributed by atoms with Crippen molar-refractivity contribution in [3.05, 3.63) is 157 Å². The summed E-state index contributed by atoms with van der Waals surface area (Å²) in [6, 6.07) is 46.7. The molecule has 0 fully saturated rings. The molecule has 0 aliphatic carbocycles. The number of fused-ring (bicyclic) bond motifs is 9. The molecule has 0 saturated heterocycles.